The molecule has 11 aromatic rings. The molecule has 4 heteroatoms. The number of nitrogens with zero attached hydrogens (tertiary/aromatic N) is 2. The Balaban J connectivity index is 1.04. The van der Waals surface area contributed by atoms with Crippen LogP contribution in [0.2, 0.25) is 0 Å². The van der Waals surface area contributed by atoms with Gasteiger partial charge in [-0.15, -0.1) is 0 Å². The standard InChI is InChI=1S/C56H36N2O2/c1-4-16-37(17-5-1)43-22-10-12-26-50(43)58(51-27-14-25-47-44-23-11-13-28-52(44)60-56(47)51)42-32-33-45-49-34-38-30-31-41(57(39-18-6-2-7-19-39)40-20-8-3-9-21-40)35-48(38)46-24-15-29-53(55(46)49)59-54(45)36-42/h1-36H. The number of benzene rings is 10. The maximum Gasteiger partial charge on any atom is 0.159 e. The Kier molecular flexibility index (Phi) is 7.82. The smallest absolute Gasteiger partial charge is 0.159 e. The molecule has 0 saturated heterocycles. The molecule has 1 aromatic heterocycles. The van der Waals surface area contributed by atoms with E-state index in [9.17, 15) is 0 Å². The number of anilines is 6. The molecule has 0 N–H and O–H groups in total. The summed E-state index contributed by atoms with van der Waals surface area (Å²) in [5.41, 5.74) is 12.4. The first-order chi connectivity index (χ1) is 29.8. The van der Waals surface area contributed by atoms with Crippen LogP contribution in [0.5, 0.6) is 11.5 Å². The zero-order valence-corrected chi connectivity index (χ0v) is 32.5. The monoisotopic (exact) mass is 768 g/mol. The molecule has 0 fully saturated rings. The quantitative estimate of drug-likeness (QED) is 0.151. The molecule has 0 unspecified atom stereocenters. The largest absolute Gasteiger partial charge is 0.456 e. The molecule has 0 saturated carbocycles. The van der Waals surface area contributed by atoms with Gasteiger partial charge < -0.3 is 19.0 Å². The normalized spacial score (nSPS) is 11.8. The molecular weight excluding hydrogens is 733 g/mol. The Morgan fingerprint density at radius 1 is 0.333 bits per heavy atom. The zero-order chi connectivity index (χ0) is 39.6. The summed E-state index contributed by atoms with van der Waals surface area (Å²) in [6, 6.07) is 77.2. The number of hydrogen-bond acceptors (Lipinski definition) is 4. The van der Waals surface area contributed by atoms with E-state index in [1.54, 1.807) is 0 Å². The van der Waals surface area contributed by atoms with Crippen molar-refractivity contribution in [3.8, 4) is 33.8 Å². The van der Waals surface area contributed by atoms with E-state index in [2.05, 4.69) is 216 Å². The highest BCUT2D eigenvalue weighted by Crippen LogP contribution is 2.52. The second-order valence-electron chi connectivity index (χ2n) is 15.3. The SMILES string of the molecule is c1ccc(-c2ccccc2N(c2ccc3c(c2)Oc2cccc4c2c-3cc2ccc(N(c3ccccc3)c3ccccc3)cc24)c2cccc3c2oc2ccccc23)cc1. The Labute approximate surface area is 347 Å². The number of fused-ring (bicyclic) bond motifs is 7. The molecule has 0 aliphatic carbocycles. The summed E-state index contributed by atoms with van der Waals surface area (Å²) < 4.78 is 13.7. The van der Waals surface area contributed by atoms with Gasteiger partial charge in [0.2, 0.25) is 0 Å². The fourth-order valence-corrected chi connectivity index (χ4v) is 9.12. The Bertz CT molecular complexity index is 3370. The van der Waals surface area contributed by atoms with Gasteiger partial charge in [-0.1, -0.05) is 133 Å². The second kappa shape index (κ2) is 13.8. The van der Waals surface area contributed by atoms with Gasteiger partial charge in [-0.05, 0) is 106 Å². The van der Waals surface area contributed by atoms with Crippen LogP contribution in [0.15, 0.2) is 223 Å². The number of ether oxygens (including phenoxy) is 1. The molecule has 0 radical (unpaired) electrons. The molecule has 60 heavy (non-hydrogen) atoms. The molecule has 0 bridgehead atoms. The summed E-state index contributed by atoms with van der Waals surface area (Å²) in [5, 5.41) is 6.80. The van der Waals surface area contributed by atoms with Crippen molar-refractivity contribution in [1.82, 2.24) is 0 Å². The molecule has 1 aliphatic heterocycles. The molecule has 4 nitrogen and oxygen atoms in total. The predicted molar refractivity (Wildman–Crippen MR) is 249 cm³/mol. The number of furan rings is 1. The van der Waals surface area contributed by atoms with Crippen molar-refractivity contribution >= 4 is 77.6 Å². The fraction of sp³-hybridized carbons (Fsp3) is 0. The third-order valence-corrected chi connectivity index (χ3v) is 11.8. The van der Waals surface area contributed by atoms with Crippen molar-refractivity contribution in [1.29, 1.82) is 0 Å². The summed E-state index contributed by atoms with van der Waals surface area (Å²) in [4.78, 5) is 4.63. The van der Waals surface area contributed by atoms with Gasteiger partial charge in [-0.2, -0.15) is 0 Å². The van der Waals surface area contributed by atoms with Crippen LogP contribution in [-0.2, 0) is 0 Å². The maximum absolute atomic E-state index is 6.97. The van der Waals surface area contributed by atoms with E-state index < -0.39 is 0 Å². The lowest BCUT2D eigenvalue weighted by atomic mass is 9.90. The molecule has 2 heterocycles. The molecule has 12 rings (SSSR count). The van der Waals surface area contributed by atoms with E-state index in [4.69, 9.17) is 9.15 Å². The van der Waals surface area contributed by atoms with E-state index in [0.29, 0.717) is 0 Å². The van der Waals surface area contributed by atoms with Crippen LogP contribution in [0.4, 0.5) is 34.1 Å². The molecule has 0 atom stereocenters. The average molecular weight is 769 g/mol. The molecule has 10 aromatic carbocycles. The molecule has 1 aliphatic rings. The van der Waals surface area contributed by atoms with Gasteiger partial charge >= 0.3 is 0 Å². The Morgan fingerprint density at radius 2 is 0.967 bits per heavy atom. The van der Waals surface area contributed by atoms with Gasteiger partial charge in [0.15, 0.2) is 5.58 Å². The highest BCUT2D eigenvalue weighted by atomic mass is 16.5. The Hall–Kier alpha value is -8.08. The van der Waals surface area contributed by atoms with E-state index in [-0.39, 0.29) is 0 Å². The van der Waals surface area contributed by atoms with Crippen molar-refractivity contribution in [2.75, 3.05) is 9.80 Å². The van der Waals surface area contributed by atoms with Crippen molar-refractivity contribution < 1.29 is 9.15 Å². The summed E-state index contributed by atoms with van der Waals surface area (Å²) >= 11 is 0. The van der Waals surface area contributed by atoms with E-state index in [1.807, 2.05) is 12.1 Å². The molecular formula is C56H36N2O2. The molecule has 282 valence electrons. The zero-order valence-electron chi connectivity index (χ0n) is 32.5. The van der Waals surface area contributed by atoms with E-state index in [1.165, 1.54) is 10.8 Å². The minimum atomic E-state index is 0.807. The molecule has 0 amide bonds. The minimum absolute atomic E-state index is 0.807. The third-order valence-electron chi connectivity index (χ3n) is 11.8. The summed E-state index contributed by atoms with van der Waals surface area (Å²) in [5.74, 6) is 1.65. The van der Waals surface area contributed by atoms with E-state index >= 15 is 0 Å². The first kappa shape index (κ1) is 34.0. The lowest BCUT2D eigenvalue weighted by molar-refractivity contribution is 0.487. The minimum Gasteiger partial charge on any atom is -0.456 e. The first-order valence-electron chi connectivity index (χ1n) is 20.3. The first-order valence-corrected chi connectivity index (χ1v) is 20.3. The van der Waals surface area contributed by atoms with Crippen LogP contribution in [0.1, 0.15) is 0 Å². The summed E-state index contributed by atoms with van der Waals surface area (Å²) in [6.07, 6.45) is 0. The number of para-hydroxylation sites is 5. The predicted octanol–water partition coefficient (Wildman–Crippen LogP) is 16.3. The van der Waals surface area contributed by atoms with Gasteiger partial charge in [-0.25, -0.2) is 0 Å². The van der Waals surface area contributed by atoms with Crippen molar-refractivity contribution in [2.24, 2.45) is 0 Å². The van der Waals surface area contributed by atoms with Gasteiger partial charge in [0.1, 0.15) is 17.1 Å². The van der Waals surface area contributed by atoms with E-state index in [0.717, 1.165) is 101 Å². The molecule has 0 spiro atoms. The lowest BCUT2D eigenvalue weighted by Crippen LogP contribution is -2.12. The topological polar surface area (TPSA) is 28.9 Å². The van der Waals surface area contributed by atoms with Crippen LogP contribution in [0.3, 0.4) is 0 Å². The van der Waals surface area contributed by atoms with Crippen LogP contribution in [0, 0.1) is 0 Å². The summed E-state index contributed by atoms with van der Waals surface area (Å²) in [7, 11) is 0. The van der Waals surface area contributed by atoms with Crippen molar-refractivity contribution in [3.63, 3.8) is 0 Å². The highest BCUT2D eigenvalue weighted by Gasteiger charge is 2.27. The second-order valence-corrected chi connectivity index (χ2v) is 15.3. The van der Waals surface area contributed by atoms with Crippen LogP contribution >= 0.6 is 0 Å². The van der Waals surface area contributed by atoms with Crippen LogP contribution in [0.25, 0.3) is 65.7 Å². The number of hydrogen-bond donors (Lipinski definition) is 0. The van der Waals surface area contributed by atoms with Crippen molar-refractivity contribution in [2.45, 2.75) is 0 Å². The Morgan fingerprint density at radius 3 is 1.78 bits per heavy atom. The van der Waals surface area contributed by atoms with Gasteiger partial charge in [0, 0.05) is 50.4 Å². The average Bonchev–Trinajstić information content (AvgIpc) is 3.70. The maximum atomic E-state index is 6.97. The van der Waals surface area contributed by atoms with Gasteiger partial charge in [0.05, 0.1) is 17.1 Å². The van der Waals surface area contributed by atoms with Gasteiger partial charge in [0.25, 0.3) is 0 Å². The number of rotatable bonds is 7. The fourth-order valence-electron chi connectivity index (χ4n) is 9.12. The van der Waals surface area contributed by atoms with Crippen LogP contribution in [-0.4, -0.2) is 0 Å². The third kappa shape index (κ3) is 5.46. The van der Waals surface area contributed by atoms with Gasteiger partial charge in [-0.3, -0.25) is 0 Å². The van der Waals surface area contributed by atoms with Crippen LogP contribution < -0.4 is 14.5 Å². The summed E-state index contributed by atoms with van der Waals surface area (Å²) in [6.45, 7) is 0. The highest BCUT2D eigenvalue weighted by molar-refractivity contribution is 6.18. The lowest BCUT2D eigenvalue weighted by Gasteiger charge is -2.30. The van der Waals surface area contributed by atoms with Crippen molar-refractivity contribution in [3.05, 3.63) is 218 Å².